The molecule has 0 saturated carbocycles. The topological polar surface area (TPSA) is 44.8 Å². The first kappa shape index (κ1) is 27.4. The Bertz CT molecular complexity index is 307. The van der Waals surface area contributed by atoms with Gasteiger partial charge in [0.1, 0.15) is 0 Å². The highest BCUT2D eigenvalue weighted by Crippen LogP contribution is 2.08. The van der Waals surface area contributed by atoms with E-state index in [-0.39, 0.29) is 5.97 Å². The fraction of sp³-hybridized carbons (Fsp3) is 0.958. The standard InChI is InChI=1S/C24H48O4/c1-3-5-7-9-11-13-15-19-26-22-23-27-20-17-18-24(25)28-21-16-14-12-10-8-6-4-2/h3-23H2,1-2H3. The minimum Gasteiger partial charge on any atom is -0.466 e. The van der Waals surface area contributed by atoms with Gasteiger partial charge >= 0.3 is 5.97 Å². The van der Waals surface area contributed by atoms with Crippen molar-refractivity contribution in [3.05, 3.63) is 0 Å². The van der Waals surface area contributed by atoms with E-state index in [1.165, 1.54) is 77.0 Å². The molecule has 0 unspecified atom stereocenters. The molecule has 4 heteroatoms. The summed E-state index contributed by atoms with van der Waals surface area (Å²) in [4.78, 5) is 11.6. The third kappa shape index (κ3) is 23.4. The molecule has 0 aliphatic heterocycles. The van der Waals surface area contributed by atoms with Crippen LogP contribution < -0.4 is 0 Å². The van der Waals surface area contributed by atoms with Crippen LogP contribution in [0.3, 0.4) is 0 Å². The molecule has 0 radical (unpaired) electrons. The fourth-order valence-electron chi connectivity index (χ4n) is 3.12. The summed E-state index contributed by atoms with van der Waals surface area (Å²) >= 11 is 0. The van der Waals surface area contributed by atoms with Crippen molar-refractivity contribution in [2.24, 2.45) is 0 Å². The first-order valence-corrected chi connectivity index (χ1v) is 12.1. The second kappa shape index (κ2) is 24.4. The second-order valence-electron chi connectivity index (χ2n) is 7.79. The molecular formula is C24H48O4. The van der Waals surface area contributed by atoms with E-state index >= 15 is 0 Å². The zero-order valence-electron chi connectivity index (χ0n) is 19.0. The van der Waals surface area contributed by atoms with Crippen LogP contribution in [-0.4, -0.2) is 39.0 Å². The Morgan fingerprint density at radius 2 is 0.929 bits per heavy atom. The smallest absolute Gasteiger partial charge is 0.305 e. The van der Waals surface area contributed by atoms with Gasteiger partial charge in [-0.1, -0.05) is 90.9 Å². The molecule has 0 aliphatic carbocycles. The van der Waals surface area contributed by atoms with Gasteiger partial charge in [-0.3, -0.25) is 4.79 Å². The average molecular weight is 401 g/mol. The van der Waals surface area contributed by atoms with Crippen LogP contribution >= 0.6 is 0 Å². The van der Waals surface area contributed by atoms with Crippen LogP contribution in [0, 0.1) is 0 Å². The van der Waals surface area contributed by atoms with Crippen LogP contribution in [0.25, 0.3) is 0 Å². The number of carbonyl (C=O) groups excluding carboxylic acids is 1. The number of hydrogen-bond donors (Lipinski definition) is 0. The van der Waals surface area contributed by atoms with Crippen LogP contribution in [0.1, 0.15) is 117 Å². The van der Waals surface area contributed by atoms with E-state index in [1.54, 1.807) is 0 Å². The molecule has 168 valence electrons. The Labute approximate surface area is 175 Å². The molecule has 0 heterocycles. The van der Waals surface area contributed by atoms with Crippen LogP contribution in [0.2, 0.25) is 0 Å². The minimum atomic E-state index is -0.0928. The van der Waals surface area contributed by atoms with E-state index in [9.17, 15) is 4.79 Å². The number of carbonyl (C=O) groups is 1. The molecule has 4 nitrogen and oxygen atoms in total. The van der Waals surface area contributed by atoms with Gasteiger partial charge in [0.25, 0.3) is 0 Å². The van der Waals surface area contributed by atoms with Gasteiger partial charge in [-0.05, 0) is 19.3 Å². The van der Waals surface area contributed by atoms with Gasteiger partial charge < -0.3 is 14.2 Å². The third-order valence-electron chi connectivity index (χ3n) is 4.94. The van der Waals surface area contributed by atoms with Crippen molar-refractivity contribution in [3.8, 4) is 0 Å². The maximum Gasteiger partial charge on any atom is 0.305 e. The number of hydrogen-bond acceptors (Lipinski definition) is 4. The molecule has 0 fully saturated rings. The van der Waals surface area contributed by atoms with Crippen molar-refractivity contribution in [2.75, 3.05) is 33.0 Å². The summed E-state index contributed by atoms with van der Waals surface area (Å²) in [5.41, 5.74) is 0. The fourth-order valence-corrected chi connectivity index (χ4v) is 3.12. The van der Waals surface area contributed by atoms with Gasteiger partial charge in [-0.2, -0.15) is 0 Å². The largest absolute Gasteiger partial charge is 0.466 e. The van der Waals surface area contributed by atoms with E-state index in [4.69, 9.17) is 14.2 Å². The second-order valence-corrected chi connectivity index (χ2v) is 7.79. The van der Waals surface area contributed by atoms with Crippen LogP contribution in [-0.2, 0) is 19.0 Å². The SMILES string of the molecule is CCCCCCCCCOCCOCCCC(=O)OCCCCCCCCC. The Balaban J connectivity index is 3.12. The molecule has 0 spiro atoms. The quantitative estimate of drug-likeness (QED) is 0.139. The van der Waals surface area contributed by atoms with Crippen LogP contribution in [0.5, 0.6) is 0 Å². The van der Waals surface area contributed by atoms with Crippen molar-refractivity contribution in [2.45, 2.75) is 117 Å². The molecule has 0 saturated heterocycles. The van der Waals surface area contributed by atoms with E-state index < -0.39 is 0 Å². The molecule has 0 aromatic carbocycles. The number of unbranched alkanes of at least 4 members (excludes halogenated alkanes) is 12. The van der Waals surface area contributed by atoms with Gasteiger partial charge in [-0.25, -0.2) is 0 Å². The van der Waals surface area contributed by atoms with Crippen molar-refractivity contribution in [3.63, 3.8) is 0 Å². The van der Waals surface area contributed by atoms with Crippen molar-refractivity contribution < 1.29 is 19.0 Å². The van der Waals surface area contributed by atoms with E-state index in [0.717, 1.165) is 25.9 Å². The lowest BCUT2D eigenvalue weighted by Gasteiger charge is -2.07. The Morgan fingerprint density at radius 1 is 0.500 bits per heavy atom. The van der Waals surface area contributed by atoms with Crippen molar-refractivity contribution in [1.29, 1.82) is 0 Å². The van der Waals surface area contributed by atoms with Gasteiger partial charge in [-0.15, -0.1) is 0 Å². The predicted molar refractivity (Wildman–Crippen MR) is 118 cm³/mol. The molecule has 0 amide bonds. The molecule has 0 aromatic rings. The van der Waals surface area contributed by atoms with E-state index in [1.807, 2.05) is 0 Å². The summed E-state index contributed by atoms with van der Waals surface area (Å²) < 4.78 is 16.4. The van der Waals surface area contributed by atoms with E-state index in [2.05, 4.69) is 13.8 Å². The summed E-state index contributed by atoms with van der Waals surface area (Å²) in [6, 6.07) is 0. The van der Waals surface area contributed by atoms with Gasteiger partial charge in [0.15, 0.2) is 0 Å². The summed E-state index contributed by atoms with van der Waals surface area (Å²) in [5.74, 6) is -0.0928. The highest BCUT2D eigenvalue weighted by atomic mass is 16.5. The minimum absolute atomic E-state index is 0.0928. The maximum absolute atomic E-state index is 11.6. The lowest BCUT2D eigenvalue weighted by atomic mass is 10.1. The van der Waals surface area contributed by atoms with Gasteiger partial charge in [0, 0.05) is 19.6 Å². The third-order valence-corrected chi connectivity index (χ3v) is 4.94. The maximum atomic E-state index is 11.6. The Hall–Kier alpha value is -0.610. The highest BCUT2D eigenvalue weighted by molar-refractivity contribution is 5.69. The van der Waals surface area contributed by atoms with Crippen LogP contribution in [0.4, 0.5) is 0 Å². The lowest BCUT2D eigenvalue weighted by Crippen LogP contribution is -2.09. The summed E-state index contributed by atoms with van der Waals surface area (Å²) in [6.45, 7) is 7.76. The van der Waals surface area contributed by atoms with E-state index in [0.29, 0.717) is 32.8 Å². The van der Waals surface area contributed by atoms with Crippen LogP contribution in [0.15, 0.2) is 0 Å². The highest BCUT2D eigenvalue weighted by Gasteiger charge is 2.02. The normalized spacial score (nSPS) is 11.1. The average Bonchev–Trinajstić information content (AvgIpc) is 2.70. The summed E-state index contributed by atoms with van der Waals surface area (Å²) in [6.07, 6.45) is 19.0. The monoisotopic (exact) mass is 400 g/mol. The molecule has 0 aromatic heterocycles. The van der Waals surface area contributed by atoms with Gasteiger partial charge in [0.2, 0.25) is 0 Å². The summed E-state index contributed by atoms with van der Waals surface area (Å²) in [7, 11) is 0. The zero-order chi connectivity index (χ0) is 20.5. The molecule has 0 bridgehead atoms. The van der Waals surface area contributed by atoms with Gasteiger partial charge in [0.05, 0.1) is 19.8 Å². The molecular weight excluding hydrogens is 352 g/mol. The Kier molecular flexibility index (Phi) is 23.9. The first-order chi connectivity index (χ1) is 13.8. The molecule has 0 atom stereocenters. The van der Waals surface area contributed by atoms with Crippen molar-refractivity contribution in [1.82, 2.24) is 0 Å². The number of rotatable bonds is 23. The molecule has 0 aliphatic rings. The summed E-state index contributed by atoms with van der Waals surface area (Å²) in [5, 5.41) is 0. The zero-order valence-corrected chi connectivity index (χ0v) is 19.0. The Morgan fingerprint density at radius 3 is 1.46 bits per heavy atom. The molecule has 0 N–H and O–H groups in total. The predicted octanol–water partition coefficient (Wildman–Crippen LogP) is 6.84. The first-order valence-electron chi connectivity index (χ1n) is 12.1. The molecule has 0 rings (SSSR count). The number of esters is 1. The lowest BCUT2D eigenvalue weighted by molar-refractivity contribution is -0.144. The number of ether oxygens (including phenoxy) is 3. The molecule has 28 heavy (non-hydrogen) atoms. The van der Waals surface area contributed by atoms with Crippen molar-refractivity contribution >= 4 is 5.97 Å².